The second kappa shape index (κ2) is 9.18. The van der Waals surface area contributed by atoms with Crippen molar-refractivity contribution in [1.82, 2.24) is 19.6 Å². The molecule has 7 nitrogen and oxygen atoms in total. The number of aryl methyl sites for hydroxylation is 2. The number of hydrogen-bond acceptors (Lipinski definition) is 5. The highest BCUT2D eigenvalue weighted by atomic mass is 16.2. The summed E-state index contributed by atoms with van der Waals surface area (Å²) in [6.07, 6.45) is 4.80. The molecule has 4 rings (SSSR count). The third-order valence-electron chi connectivity index (χ3n) is 6.32. The van der Waals surface area contributed by atoms with Crippen LogP contribution in [-0.4, -0.2) is 71.8 Å². The lowest BCUT2D eigenvalue weighted by atomic mass is 10.1. The first kappa shape index (κ1) is 20.9. The van der Waals surface area contributed by atoms with Crippen LogP contribution in [0.15, 0.2) is 24.3 Å². The summed E-state index contributed by atoms with van der Waals surface area (Å²) in [6, 6.07) is 8.07. The highest BCUT2D eigenvalue weighted by Crippen LogP contribution is 2.39. The molecule has 1 amide bonds. The van der Waals surface area contributed by atoms with E-state index in [0.29, 0.717) is 5.69 Å². The van der Waals surface area contributed by atoms with Gasteiger partial charge in [-0.1, -0.05) is 25.0 Å². The van der Waals surface area contributed by atoms with Gasteiger partial charge in [0.05, 0.1) is 22.8 Å². The molecule has 7 heteroatoms. The van der Waals surface area contributed by atoms with Gasteiger partial charge in [-0.05, 0) is 45.5 Å². The summed E-state index contributed by atoms with van der Waals surface area (Å²) in [5.41, 5.74) is 4.40. The van der Waals surface area contributed by atoms with Crippen molar-refractivity contribution in [1.29, 1.82) is 0 Å². The van der Waals surface area contributed by atoms with E-state index in [1.807, 2.05) is 32.2 Å². The van der Waals surface area contributed by atoms with Crippen LogP contribution in [0.1, 0.15) is 41.9 Å². The van der Waals surface area contributed by atoms with E-state index < -0.39 is 0 Å². The minimum atomic E-state index is -0.0878. The fourth-order valence-electron chi connectivity index (χ4n) is 4.60. The second-order valence-electron chi connectivity index (χ2n) is 8.59. The average Bonchev–Trinajstić information content (AvgIpc) is 2.95. The highest BCUT2D eigenvalue weighted by Gasteiger charge is 2.30. The number of benzene rings is 1. The van der Waals surface area contributed by atoms with Crippen LogP contribution in [0.2, 0.25) is 0 Å². The van der Waals surface area contributed by atoms with Gasteiger partial charge in [-0.15, -0.1) is 0 Å². The van der Waals surface area contributed by atoms with Gasteiger partial charge in [0.15, 0.2) is 0 Å². The Kier molecular flexibility index (Phi) is 6.39. The minimum absolute atomic E-state index is 0.0878. The van der Waals surface area contributed by atoms with E-state index in [1.54, 1.807) is 4.68 Å². The Morgan fingerprint density at radius 2 is 1.67 bits per heavy atom. The number of rotatable bonds is 7. The zero-order valence-corrected chi connectivity index (χ0v) is 18.5. The molecule has 1 aromatic carbocycles. The summed E-state index contributed by atoms with van der Waals surface area (Å²) < 4.78 is 1.70. The van der Waals surface area contributed by atoms with Crippen LogP contribution in [0.25, 0.3) is 0 Å². The molecular weight excluding hydrogens is 376 g/mol. The molecule has 30 heavy (non-hydrogen) atoms. The predicted octanol–water partition coefficient (Wildman–Crippen LogP) is 3.24. The fraction of sp³-hybridized carbons (Fsp3) is 0.565. The van der Waals surface area contributed by atoms with Gasteiger partial charge in [0.25, 0.3) is 5.91 Å². The molecule has 1 aromatic heterocycles. The zero-order chi connectivity index (χ0) is 21.1. The molecule has 0 spiro atoms. The van der Waals surface area contributed by atoms with E-state index in [1.165, 1.54) is 52.0 Å². The number of unbranched alkanes of at least 4 members (excludes halogenated alkanes) is 3. The molecule has 1 saturated heterocycles. The number of para-hydroxylation sites is 2. The number of piperazine rings is 1. The highest BCUT2D eigenvalue weighted by molar-refractivity contribution is 6.11. The Balaban J connectivity index is 1.38. The number of carbonyl (C=O) groups is 1. The van der Waals surface area contributed by atoms with Crippen LogP contribution in [-0.2, 0) is 7.05 Å². The van der Waals surface area contributed by atoms with E-state index in [2.05, 4.69) is 38.2 Å². The Bertz CT molecular complexity index is 884. The molecule has 2 aliphatic heterocycles. The minimum Gasteiger partial charge on any atom is -0.336 e. The van der Waals surface area contributed by atoms with Crippen molar-refractivity contribution in [2.45, 2.75) is 32.6 Å². The molecule has 3 heterocycles. The van der Waals surface area contributed by atoms with Crippen molar-refractivity contribution >= 4 is 23.0 Å². The maximum atomic E-state index is 12.8. The lowest BCUT2D eigenvalue weighted by Gasteiger charge is -2.32. The monoisotopic (exact) mass is 410 g/mol. The van der Waals surface area contributed by atoms with Gasteiger partial charge in [-0.25, -0.2) is 0 Å². The molecule has 2 aromatic rings. The first-order valence-corrected chi connectivity index (χ1v) is 11.2. The third kappa shape index (κ3) is 4.37. The molecule has 2 aliphatic rings. The third-order valence-corrected chi connectivity index (χ3v) is 6.32. The van der Waals surface area contributed by atoms with Crippen molar-refractivity contribution in [3.8, 4) is 0 Å². The Hall–Kier alpha value is -2.38. The van der Waals surface area contributed by atoms with Gasteiger partial charge in [0.2, 0.25) is 0 Å². The van der Waals surface area contributed by atoms with Gasteiger partial charge in [-0.3, -0.25) is 9.48 Å². The number of amides is 1. The first-order valence-electron chi connectivity index (χ1n) is 11.2. The number of fused-ring (bicyclic) bond motifs is 2. The fourth-order valence-corrected chi connectivity index (χ4v) is 4.60. The number of anilines is 3. The van der Waals surface area contributed by atoms with Crippen LogP contribution in [0.4, 0.5) is 17.1 Å². The van der Waals surface area contributed by atoms with Gasteiger partial charge < -0.3 is 20.0 Å². The van der Waals surface area contributed by atoms with Crippen LogP contribution in [0, 0.1) is 6.92 Å². The molecule has 162 valence electrons. The SMILES string of the molecule is Cc1nn(C)c2c1N(CCCCCCN1CCN(C)CC1)c1ccccc1NC2=O. The van der Waals surface area contributed by atoms with Gasteiger partial charge >= 0.3 is 0 Å². The number of likely N-dealkylation sites (N-methyl/N-ethyl adjacent to an activating group) is 1. The summed E-state index contributed by atoms with van der Waals surface area (Å²) in [5.74, 6) is -0.0878. The lowest BCUT2D eigenvalue weighted by Crippen LogP contribution is -2.44. The Labute approximate surface area is 179 Å². The van der Waals surface area contributed by atoms with Crippen LogP contribution < -0.4 is 10.2 Å². The number of nitrogens with one attached hydrogen (secondary N) is 1. The lowest BCUT2D eigenvalue weighted by molar-refractivity contribution is 0.101. The van der Waals surface area contributed by atoms with E-state index in [-0.39, 0.29) is 5.91 Å². The molecule has 0 unspecified atom stereocenters. The van der Waals surface area contributed by atoms with Crippen LogP contribution in [0.3, 0.4) is 0 Å². The summed E-state index contributed by atoms with van der Waals surface area (Å²) in [5, 5.41) is 7.59. The summed E-state index contributed by atoms with van der Waals surface area (Å²) in [6.45, 7) is 8.87. The van der Waals surface area contributed by atoms with Gasteiger partial charge in [0.1, 0.15) is 5.69 Å². The first-order chi connectivity index (χ1) is 14.5. The van der Waals surface area contributed by atoms with Gasteiger partial charge in [-0.2, -0.15) is 5.10 Å². The molecule has 0 bridgehead atoms. The van der Waals surface area contributed by atoms with E-state index in [9.17, 15) is 4.79 Å². The molecule has 0 saturated carbocycles. The molecular formula is C23H34N6O. The molecule has 0 atom stereocenters. The largest absolute Gasteiger partial charge is 0.336 e. The standard InChI is InChI=1S/C23H34N6O/c1-18-21-22(27(3)25-18)23(30)24-19-10-6-7-11-20(19)29(21)13-9-5-4-8-12-28-16-14-26(2)15-17-28/h6-7,10-11H,4-5,8-9,12-17H2,1-3H3,(H,24,30). The zero-order valence-electron chi connectivity index (χ0n) is 18.5. The average molecular weight is 411 g/mol. The summed E-state index contributed by atoms with van der Waals surface area (Å²) in [7, 11) is 4.05. The summed E-state index contributed by atoms with van der Waals surface area (Å²) >= 11 is 0. The van der Waals surface area contributed by atoms with Crippen molar-refractivity contribution < 1.29 is 4.79 Å². The maximum Gasteiger partial charge on any atom is 0.276 e. The van der Waals surface area contributed by atoms with E-state index in [0.717, 1.165) is 35.7 Å². The molecule has 1 N–H and O–H groups in total. The Morgan fingerprint density at radius 3 is 2.43 bits per heavy atom. The number of carbonyl (C=O) groups excluding carboxylic acids is 1. The van der Waals surface area contributed by atoms with Crippen molar-refractivity contribution in [3.05, 3.63) is 35.7 Å². The van der Waals surface area contributed by atoms with E-state index in [4.69, 9.17) is 0 Å². The van der Waals surface area contributed by atoms with Gasteiger partial charge in [0, 0.05) is 39.8 Å². The molecule has 0 radical (unpaired) electrons. The number of aromatic nitrogens is 2. The summed E-state index contributed by atoms with van der Waals surface area (Å²) in [4.78, 5) is 20.1. The number of nitrogens with zero attached hydrogens (tertiary/aromatic N) is 5. The van der Waals surface area contributed by atoms with Crippen LogP contribution in [0.5, 0.6) is 0 Å². The second-order valence-corrected chi connectivity index (χ2v) is 8.59. The molecule has 1 fully saturated rings. The normalized spacial score (nSPS) is 17.4. The number of hydrogen-bond donors (Lipinski definition) is 1. The maximum absolute atomic E-state index is 12.8. The predicted molar refractivity (Wildman–Crippen MR) is 122 cm³/mol. The quantitative estimate of drug-likeness (QED) is 0.710. The van der Waals surface area contributed by atoms with Crippen LogP contribution >= 0.6 is 0 Å². The van der Waals surface area contributed by atoms with E-state index >= 15 is 0 Å². The van der Waals surface area contributed by atoms with Crippen molar-refractivity contribution in [2.75, 3.05) is 56.5 Å². The van der Waals surface area contributed by atoms with Crippen molar-refractivity contribution in [2.24, 2.45) is 7.05 Å². The Morgan fingerprint density at radius 1 is 0.967 bits per heavy atom. The molecule has 0 aliphatic carbocycles. The smallest absolute Gasteiger partial charge is 0.276 e. The van der Waals surface area contributed by atoms with Crippen molar-refractivity contribution in [3.63, 3.8) is 0 Å². The topological polar surface area (TPSA) is 56.6 Å².